The van der Waals surface area contributed by atoms with Crippen LogP contribution in [0.4, 0.5) is 8.78 Å². The van der Waals surface area contributed by atoms with Crippen LogP contribution in [0.2, 0.25) is 0 Å². The van der Waals surface area contributed by atoms with Crippen molar-refractivity contribution in [1.82, 2.24) is 0 Å². The van der Waals surface area contributed by atoms with Crippen LogP contribution in [-0.2, 0) is 19.1 Å². The number of hydrogen-bond donors (Lipinski definition) is 1. The van der Waals surface area contributed by atoms with Gasteiger partial charge in [0, 0.05) is 24.2 Å². The highest BCUT2D eigenvalue weighted by atomic mass is 32.2. The number of carbonyl (C=O) groups excluding carboxylic acids is 3. The Morgan fingerprint density at radius 2 is 1.81 bits per heavy atom. The van der Waals surface area contributed by atoms with Gasteiger partial charge in [-0.1, -0.05) is 39.3 Å². The van der Waals surface area contributed by atoms with Crippen molar-refractivity contribution in [3.63, 3.8) is 0 Å². The predicted molar refractivity (Wildman–Crippen MR) is 143 cm³/mol. The Hall–Kier alpha value is -1.54. The molecule has 0 aromatic heterocycles. The molecule has 208 valence electrons. The van der Waals surface area contributed by atoms with Crippen LogP contribution in [0.1, 0.15) is 66.7 Å². The largest absolute Gasteiger partial charge is 0.469 e. The number of fused-ring (bicyclic) bond motifs is 5. The van der Waals surface area contributed by atoms with E-state index in [1.165, 1.54) is 31.4 Å². The third-order valence-electron chi connectivity index (χ3n) is 8.13. The van der Waals surface area contributed by atoms with Crippen LogP contribution in [0, 0.1) is 34.5 Å². The zero-order valence-electron chi connectivity index (χ0n) is 23.2. The first-order valence-corrected chi connectivity index (χ1v) is 14.0. The molecular weight excluding hydrogens is 486 g/mol. The van der Waals surface area contributed by atoms with E-state index in [9.17, 15) is 28.3 Å². The molecule has 4 aliphatic carbocycles. The van der Waals surface area contributed by atoms with Crippen LogP contribution in [0.25, 0.3) is 0 Å². The Balaban J connectivity index is 0.000000799. The van der Waals surface area contributed by atoms with Gasteiger partial charge in [0.25, 0.3) is 0 Å². The van der Waals surface area contributed by atoms with E-state index in [1.54, 1.807) is 18.4 Å². The normalized spacial score (nSPS) is 35.0. The average molecular weight is 533 g/mol. The van der Waals surface area contributed by atoms with Gasteiger partial charge in [-0.2, -0.15) is 0 Å². The summed E-state index contributed by atoms with van der Waals surface area (Å²) in [4.78, 5) is 32.9. The Morgan fingerprint density at radius 1 is 1.25 bits per heavy atom. The predicted octanol–water partition coefficient (Wildman–Crippen LogP) is 6.15. The molecule has 0 spiro atoms. The highest BCUT2D eigenvalue weighted by molar-refractivity contribution is 7.98. The number of thioether (sulfide) groups is 1. The van der Waals surface area contributed by atoms with Crippen LogP contribution in [0.15, 0.2) is 23.8 Å². The molecule has 0 aliphatic heterocycles. The van der Waals surface area contributed by atoms with E-state index in [0.29, 0.717) is 25.4 Å². The minimum absolute atomic E-state index is 0.0475. The van der Waals surface area contributed by atoms with Crippen LogP contribution < -0.4 is 0 Å². The second kappa shape index (κ2) is 16.3. The summed E-state index contributed by atoms with van der Waals surface area (Å²) in [7, 11) is 1.85. The third kappa shape index (κ3) is 7.73. The molecule has 1 N–H and O–H groups in total. The lowest BCUT2D eigenvalue weighted by Crippen LogP contribution is -2.55. The number of ketones is 1. The average Bonchev–Trinajstić information content (AvgIpc) is 3.22. The standard InChI is InChI=1S/C20H26O3.C3H6O2.C2H5FS.C2H6.CH3F/c1-19-8-7-14(22)9-12(19)3-5-15-16-6-4-13(11-21)20(16,2)10-17(23)18(15)19;1-3(4)5-2;1-4-2-3;2*1-2/h7-9,11,13,15-18,23H,3-6,10H2,1-2H3;1-2H3;2H2,1H3;1-2H3;1H3. The number of halogens is 2. The molecule has 7 atom stereocenters. The summed E-state index contributed by atoms with van der Waals surface area (Å²) in [5.41, 5.74) is 0.948. The molecule has 4 rings (SSSR count). The number of hydrogen-bond acceptors (Lipinski definition) is 6. The van der Waals surface area contributed by atoms with E-state index >= 15 is 0 Å². The maximum Gasteiger partial charge on any atom is 0.302 e. The smallest absolute Gasteiger partial charge is 0.302 e. The molecule has 36 heavy (non-hydrogen) atoms. The van der Waals surface area contributed by atoms with Crippen molar-refractivity contribution in [2.75, 3.05) is 26.5 Å². The minimum atomic E-state index is -0.395. The first kappa shape index (κ1) is 34.5. The maximum absolute atomic E-state index is 11.8. The zero-order valence-corrected chi connectivity index (χ0v) is 24.0. The van der Waals surface area contributed by atoms with Crippen LogP contribution >= 0.6 is 11.8 Å². The van der Waals surface area contributed by atoms with Gasteiger partial charge in [-0.05, 0) is 67.8 Å². The number of rotatable bonds is 2. The first-order chi connectivity index (χ1) is 17.1. The lowest BCUT2D eigenvalue weighted by atomic mass is 9.47. The van der Waals surface area contributed by atoms with Gasteiger partial charge in [-0.15, -0.1) is 11.8 Å². The molecule has 0 heterocycles. The fraction of sp³-hybridized carbons (Fsp3) is 0.750. The lowest BCUT2D eigenvalue weighted by molar-refractivity contribution is -0.138. The number of aldehydes is 1. The number of aliphatic hydroxyl groups excluding tert-OH is 1. The zero-order chi connectivity index (χ0) is 28.1. The molecule has 4 aliphatic rings. The van der Waals surface area contributed by atoms with Gasteiger partial charge in [-0.25, -0.2) is 4.39 Å². The molecule has 3 saturated carbocycles. The van der Waals surface area contributed by atoms with E-state index in [1.807, 2.05) is 19.9 Å². The van der Waals surface area contributed by atoms with Crippen molar-refractivity contribution >= 4 is 29.8 Å². The van der Waals surface area contributed by atoms with Crippen molar-refractivity contribution in [1.29, 1.82) is 0 Å². The number of alkyl halides is 2. The van der Waals surface area contributed by atoms with Crippen molar-refractivity contribution < 1.29 is 33.0 Å². The van der Waals surface area contributed by atoms with Crippen LogP contribution in [-0.4, -0.2) is 55.8 Å². The number of aliphatic hydroxyl groups is 1. The van der Waals surface area contributed by atoms with E-state index in [-0.39, 0.29) is 40.4 Å². The van der Waals surface area contributed by atoms with Crippen molar-refractivity contribution in [2.24, 2.45) is 34.5 Å². The number of esters is 1. The van der Waals surface area contributed by atoms with Crippen molar-refractivity contribution in [3.05, 3.63) is 23.8 Å². The molecule has 0 aromatic carbocycles. The molecule has 5 nitrogen and oxygen atoms in total. The molecular formula is C28H46F2O5S. The summed E-state index contributed by atoms with van der Waals surface area (Å²) in [6.07, 6.45) is 12.7. The summed E-state index contributed by atoms with van der Waals surface area (Å²) in [6, 6.07) is -0.264. The van der Waals surface area contributed by atoms with E-state index in [4.69, 9.17) is 0 Å². The van der Waals surface area contributed by atoms with Gasteiger partial charge in [0.05, 0.1) is 20.4 Å². The first-order valence-electron chi connectivity index (χ1n) is 12.6. The third-order valence-corrected chi connectivity index (χ3v) is 8.35. The molecule has 0 saturated heterocycles. The van der Waals surface area contributed by atoms with Crippen LogP contribution in [0.3, 0.4) is 0 Å². The minimum Gasteiger partial charge on any atom is -0.469 e. The van der Waals surface area contributed by atoms with E-state index < -0.39 is 6.10 Å². The van der Waals surface area contributed by atoms with Crippen molar-refractivity contribution in [2.45, 2.75) is 72.8 Å². The van der Waals surface area contributed by atoms with E-state index in [2.05, 4.69) is 18.6 Å². The molecule has 0 bridgehead atoms. The number of methoxy groups -OCH3 is 1. The SMILES string of the molecule is CC.CC12C=CC(=O)C=C1CCC1C2C(O)CC2(C)C(C=O)CCC12.CF.COC(C)=O.CSCF. The Bertz CT molecular complexity index is 769. The Morgan fingerprint density at radius 3 is 2.28 bits per heavy atom. The Labute approximate surface area is 220 Å². The van der Waals surface area contributed by atoms with Crippen LogP contribution in [0.5, 0.6) is 0 Å². The molecule has 0 aromatic rings. The van der Waals surface area contributed by atoms with Gasteiger partial charge >= 0.3 is 5.97 Å². The summed E-state index contributed by atoms with van der Waals surface area (Å²) >= 11 is 1.19. The quantitative estimate of drug-likeness (QED) is 0.339. The second-order valence-electron chi connectivity index (χ2n) is 9.71. The summed E-state index contributed by atoms with van der Waals surface area (Å²) in [6.45, 7) is 9.77. The number of ether oxygens (including phenoxy) is 1. The van der Waals surface area contributed by atoms with E-state index in [0.717, 1.165) is 32.0 Å². The molecule has 0 radical (unpaired) electrons. The highest BCUT2D eigenvalue weighted by Crippen LogP contribution is 2.65. The van der Waals surface area contributed by atoms with Gasteiger partial charge in [-0.3, -0.25) is 14.0 Å². The summed E-state index contributed by atoms with van der Waals surface area (Å²) in [5.74, 6) is 1.08. The monoisotopic (exact) mass is 532 g/mol. The molecule has 8 heteroatoms. The fourth-order valence-electron chi connectivity index (χ4n) is 6.59. The summed E-state index contributed by atoms with van der Waals surface area (Å²) in [5, 5.41) is 11.0. The topological polar surface area (TPSA) is 80.7 Å². The van der Waals surface area contributed by atoms with Gasteiger partial charge in [0.15, 0.2) is 5.78 Å². The van der Waals surface area contributed by atoms with Gasteiger partial charge < -0.3 is 14.6 Å². The number of carbonyl (C=O) groups is 3. The fourth-order valence-corrected chi connectivity index (χ4v) is 6.59. The van der Waals surface area contributed by atoms with Gasteiger partial charge in [0.1, 0.15) is 12.3 Å². The van der Waals surface area contributed by atoms with Crippen molar-refractivity contribution in [3.8, 4) is 0 Å². The highest BCUT2D eigenvalue weighted by Gasteiger charge is 2.61. The lowest BCUT2D eigenvalue weighted by Gasteiger charge is -2.58. The molecule has 7 unspecified atom stereocenters. The number of allylic oxidation sites excluding steroid dienone is 4. The van der Waals surface area contributed by atoms with Gasteiger partial charge in [0.2, 0.25) is 0 Å². The summed E-state index contributed by atoms with van der Waals surface area (Å²) < 4.78 is 24.3. The Kier molecular flexibility index (Phi) is 15.6. The molecule has 3 fully saturated rings. The molecule has 0 amide bonds. The second-order valence-corrected chi connectivity index (χ2v) is 10.5. The maximum atomic E-state index is 11.8.